The molecule has 0 spiro atoms. The van der Waals surface area contributed by atoms with Crippen LogP contribution in [0.4, 0.5) is 24.5 Å². The van der Waals surface area contributed by atoms with Gasteiger partial charge < -0.3 is 14.7 Å². The lowest BCUT2D eigenvalue weighted by Crippen LogP contribution is -2.50. The Labute approximate surface area is 179 Å². The number of anilines is 2. The number of amides is 2. The van der Waals surface area contributed by atoms with Crippen LogP contribution in [0, 0.1) is 12.8 Å². The van der Waals surface area contributed by atoms with Gasteiger partial charge in [0.05, 0.1) is 11.5 Å². The molecule has 31 heavy (non-hydrogen) atoms. The van der Waals surface area contributed by atoms with Gasteiger partial charge in [0, 0.05) is 50.5 Å². The van der Waals surface area contributed by atoms with Gasteiger partial charge in [-0.25, -0.2) is 0 Å². The third-order valence-electron chi connectivity index (χ3n) is 5.95. The maximum Gasteiger partial charge on any atom is 0.416 e. The second-order valence-corrected chi connectivity index (χ2v) is 8.10. The first kappa shape index (κ1) is 21.2. The predicted octanol–water partition coefficient (Wildman–Crippen LogP) is 3.72. The first-order valence-electron chi connectivity index (χ1n) is 10.3. The van der Waals surface area contributed by atoms with Crippen LogP contribution in [0.5, 0.6) is 0 Å². The van der Waals surface area contributed by atoms with Crippen molar-refractivity contribution >= 4 is 23.2 Å². The van der Waals surface area contributed by atoms with E-state index in [1.165, 1.54) is 6.07 Å². The van der Waals surface area contributed by atoms with Crippen molar-refractivity contribution in [3.63, 3.8) is 0 Å². The van der Waals surface area contributed by atoms with Crippen molar-refractivity contribution in [2.45, 2.75) is 19.5 Å². The molecule has 5 nitrogen and oxygen atoms in total. The standard InChI is InChI=1S/C23H24F3N3O2/c1-16-5-7-19(8-6-16)29-15-17(13-21(29)30)22(31)28-11-9-27(10-12-28)20-4-2-3-18(14-20)23(24,25)26/h2-8,14,17H,9-13,15H2,1H3/t17-/m1/s1. The van der Waals surface area contributed by atoms with Crippen LogP contribution in [-0.4, -0.2) is 49.4 Å². The van der Waals surface area contributed by atoms with Gasteiger partial charge >= 0.3 is 6.18 Å². The Morgan fingerprint density at radius 1 is 0.968 bits per heavy atom. The van der Waals surface area contributed by atoms with Gasteiger partial charge in [-0.15, -0.1) is 0 Å². The molecule has 1 atom stereocenters. The number of piperazine rings is 1. The first-order chi connectivity index (χ1) is 14.7. The van der Waals surface area contributed by atoms with E-state index in [9.17, 15) is 22.8 Å². The minimum atomic E-state index is -4.38. The molecule has 2 aromatic carbocycles. The second kappa shape index (κ2) is 8.24. The molecule has 0 radical (unpaired) electrons. The van der Waals surface area contributed by atoms with Gasteiger partial charge in [-0.3, -0.25) is 9.59 Å². The van der Waals surface area contributed by atoms with Crippen molar-refractivity contribution in [3.05, 3.63) is 59.7 Å². The number of hydrogen-bond acceptors (Lipinski definition) is 3. The molecule has 2 amide bonds. The number of carbonyl (C=O) groups excluding carboxylic acids is 2. The summed E-state index contributed by atoms with van der Waals surface area (Å²) in [4.78, 5) is 30.7. The Morgan fingerprint density at radius 2 is 1.65 bits per heavy atom. The number of rotatable bonds is 3. The minimum Gasteiger partial charge on any atom is -0.368 e. The largest absolute Gasteiger partial charge is 0.416 e. The molecule has 0 unspecified atom stereocenters. The lowest BCUT2D eigenvalue weighted by atomic mass is 10.1. The molecule has 2 aliphatic rings. The van der Waals surface area contributed by atoms with Crippen LogP contribution in [0.2, 0.25) is 0 Å². The molecular formula is C23H24F3N3O2. The summed E-state index contributed by atoms with van der Waals surface area (Å²) < 4.78 is 38.9. The fraction of sp³-hybridized carbons (Fsp3) is 0.391. The smallest absolute Gasteiger partial charge is 0.368 e. The first-order valence-corrected chi connectivity index (χ1v) is 10.3. The van der Waals surface area contributed by atoms with E-state index in [0.717, 1.165) is 23.4 Å². The zero-order chi connectivity index (χ0) is 22.2. The summed E-state index contributed by atoms with van der Waals surface area (Å²) in [5, 5.41) is 0. The summed E-state index contributed by atoms with van der Waals surface area (Å²) in [5.74, 6) is -0.523. The van der Waals surface area contributed by atoms with E-state index in [0.29, 0.717) is 38.4 Å². The van der Waals surface area contributed by atoms with Crippen LogP contribution in [0.25, 0.3) is 0 Å². The van der Waals surface area contributed by atoms with Crippen molar-refractivity contribution in [2.75, 3.05) is 42.5 Å². The molecule has 0 bridgehead atoms. The highest BCUT2D eigenvalue weighted by Crippen LogP contribution is 2.32. The highest BCUT2D eigenvalue weighted by atomic mass is 19.4. The second-order valence-electron chi connectivity index (χ2n) is 8.10. The van der Waals surface area contributed by atoms with Gasteiger partial charge in [0.1, 0.15) is 0 Å². The average molecular weight is 431 g/mol. The number of alkyl halides is 3. The lowest BCUT2D eigenvalue weighted by Gasteiger charge is -2.37. The zero-order valence-electron chi connectivity index (χ0n) is 17.2. The SMILES string of the molecule is Cc1ccc(N2C[C@H](C(=O)N3CCN(c4cccc(C(F)(F)F)c4)CC3)CC2=O)cc1. The number of halogens is 3. The number of aryl methyl sites for hydroxylation is 1. The van der Waals surface area contributed by atoms with Gasteiger partial charge in [-0.05, 0) is 37.3 Å². The van der Waals surface area contributed by atoms with Gasteiger partial charge in [0.15, 0.2) is 0 Å². The Balaban J connectivity index is 1.37. The van der Waals surface area contributed by atoms with E-state index in [-0.39, 0.29) is 18.2 Å². The van der Waals surface area contributed by atoms with Crippen LogP contribution in [0.15, 0.2) is 48.5 Å². The average Bonchev–Trinajstić information content (AvgIpc) is 3.15. The van der Waals surface area contributed by atoms with E-state index in [2.05, 4.69) is 0 Å². The summed E-state index contributed by atoms with van der Waals surface area (Å²) in [7, 11) is 0. The molecule has 8 heteroatoms. The van der Waals surface area contributed by atoms with E-state index < -0.39 is 17.7 Å². The summed E-state index contributed by atoms with van der Waals surface area (Å²) in [6.45, 7) is 4.08. The van der Waals surface area contributed by atoms with E-state index in [4.69, 9.17) is 0 Å². The van der Waals surface area contributed by atoms with E-state index >= 15 is 0 Å². The third kappa shape index (κ3) is 4.52. The molecule has 2 fully saturated rings. The molecule has 0 N–H and O–H groups in total. The number of hydrogen-bond donors (Lipinski definition) is 0. The Morgan fingerprint density at radius 3 is 2.29 bits per heavy atom. The topological polar surface area (TPSA) is 43.9 Å². The van der Waals surface area contributed by atoms with Gasteiger partial charge in [0.2, 0.25) is 11.8 Å². The molecule has 2 aliphatic heterocycles. The number of benzene rings is 2. The van der Waals surface area contributed by atoms with Crippen LogP contribution in [0.3, 0.4) is 0 Å². The highest BCUT2D eigenvalue weighted by Gasteiger charge is 2.38. The summed E-state index contributed by atoms with van der Waals surface area (Å²) in [6, 6.07) is 12.9. The van der Waals surface area contributed by atoms with Crippen molar-refractivity contribution < 1.29 is 22.8 Å². The Kier molecular flexibility index (Phi) is 5.64. The van der Waals surface area contributed by atoms with Crippen molar-refractivity contribution in [2.24, 2.45) is 5.92 Å². The number of carbonyl (C=O) groups is 2. The third-order valence-corrected chi connectivity index (χ3v) is 5.95. The van der Waals surface area contributed by atoms with E-state index in [1.807, 2.05) is 36.1 Å². The lowest BCUT2D eigenvalue weighted by molar-refractivity contribution is -0.137. The number of nitrogens with zero attached hydrogens (tertiary/aromatic N) is 3. The molecule has 2 heterocycles. The van der Waals surface area contributed by atoms with Gasteiger partial charge in [-0.2, -0.15) is 13.2 Å². The summed E-state index contributed by atoms with van der Waals surface area (Å²) in [5.41, 5.74) is 1.72. The zero-order valence-corrected chi connectivity index (χ0v) is 17.2. The van der Waals surface area contributed by atoms with Crippen molar-refractivity contribution in [3.8, 4) is 0 Å². The Hall–Kier alpha value is -3.03. The van der Waals surface area contributed by atoms with Crippen LogP contribution in [-0.2, 0) is 15.8 Å². The molecule has 0 saturated carbocycles. The van der Waals surface area contributed by atoms with E-state index in [1.54, 1.807) is 15.9 Å². The molecule has 2 aromatic rings. The summed E-state index contributed by atoms with van der Waals surface area (Å²) in [6.07, 6.45) is -4.20. The maximum atomic E-state index is 13.0. The minimum absolute atomic E-state index is 0.0633. The molecule has 2 saturated heterocycles. The van der Waals surface area contributed by atoms with Crippen molar-refractivity contribution in [1.29, 1.82) is 0 Å². The van der Waals surface area contributed by atoms with Crippen LogP contribution in [0.1, 0.15) is 17.5 Å². The van der Waals surface area contributed by atoms with Crippen molar-refractivity contribution in [1.82, 2.24) is 4.90 Å². The predicted molar refractivity (Wildman–Crippen MR) is 112 cm³/mol. The monoisotopic (exact) mass is 431 g/mol. The summed E-state index contributed by atoms with van der Waals surface area (Å²) >= 11 is 0. The highest BCUT2D eigenvalue weighted by molar-refractivity contribution is 6.00. The molecule has 164 valence electrons. The van der Waals surface area contributed by atoms with Crippen LogP contribution >= 0.6 is 0 Å². The maximum absolute atomic E-state index is 13.0. The normalized spacial score (nSPS) is 19.8. The fourth-order valence-electron chi connectivity index (χ4n) is 4.17. The molecular weight excluding hydrogens is 407 g/mol. The molecule has 0 aromatic heterocycles. The van der Waals surface area contributed by atoms with Crippen LogP contribution < -0.4 is 9.80 Å². The van der Waals surface area contributed by atoms with Gasteiger partial charge in [0.25, 0.3) is 0 Å². The quantitative estimate of drug-likeness (QED) is 0.744. The molecule has 0 aliphatic carbocycles. The van der Waals surface area contributed by atoms with Gasteiger partial charge in [-0.1, -0.05) is 23.8 Å². The molecule has 4 rings (SSSR count). The fourth-order valence-corrected chi connectivity index (χ4v) is 4.17. The Bertz CT molecular complexity index is 967.